The van der Waals surface area contributed by atoms with Crippen molar-refractivity contribution in [3.05, 3.63) is 33.1 Å². The van der Waals surface area contributed by atoms with E-state index >= 15 is 0 Å². The number of carbonyl (C=O) groups is 2. The van der Waals surface area contributed by atoms with E-state index in [4.69, 9.17) is 9.72 Å². The van der Waals surface area contributed by atoms with Crippen molar-refractivity contribution in [1.29, 1.82) is 0 Å². The van der Waals surface area contributed by atoms with Gasteiger partial charge in [-0.2, -0.15) is 0 Å². The lowest BCUT2D eigenvalue weighted by Crippen LogP contribution is -2.41. The van der Waals surface area contributed by atoms with Gasteiger partial charge in [0.05, 0.1) is 16.3 Å². The fourth-order valence-electron chi connectivity index (χ4n) is 4.29. The van der Waals surface area contributed by atoms with Gasteiger partial charge >= 0.3 is 6.09 Å². The number of hydrogen-bond donors (Lipinski definition) is 2. The molecule has 3 aromatic rings. The van der Waals surface area contributed by atoms with Gasteiger partial charge in [-0.05, 0) is 71.2 Å². The molecule has 0 radical (unpaired) electrons. The molecule has 7 nitrogen and oxygen atoms in total. The molecule has 0 saturated carbocycles. The van der Waals surface area contributed by atoms with Crippen LogP contribution in [0, 0.1) is 0 Å². The largest absolute Gasteiger partial charge is 0.444 e. The minimum Gasteiger partial charge on any atom is -0.444 e. The highest BCUT2D eigenvalue weighted by Crippen LogP contribution is 2.49. The number of nitrogens with zero attached hydrogens (tertiary/aromatic N) is 2. The van der Waals surface area contributed by atoms with E-state index in [1.165, 1.54) is 0 Å². The summed E-state index contributed by atoms with van der Waals surface area (Å²) in [5.41, 5.74) is 2.50. The first-order chi connectivity index (χ1) is 17.5. The van der Waals surface area contributed by atoms with Crippen molar-refractivity contribution in [3.63, 3.8) is 0 Å². The van der Waals surface area contributed by atoms with Crippen LogP contribution in [0.5, 0.6) is 0 Å². The van der Waals surface area contributed by atoms with E-state index in [0.717, 1.165) is 47.1 Å². The van der Waals surface area contributed by atoms with Gasteiger partial charge in [0, 0.05) is 40.5 Å². The Balaban J connectivity index is 1.68. The molecule has 200 valence electrons. The van der Waals surface area contributed by atoms with Crippen LogP contribution in [0.1, 0.15) is 70.9 Å². The number of rotatable bonds is 7. The second-order valence-corrected chi connectivity index (χ2v) is 13.4. The fourth-order valence-corrected chi connectivity index (χ4v) is 7.06. The van der Waals surface area contributed by atoms with Crippen LogP contribution in [0.4, 0.5) is 9.80 Å². The number of anilines is 1. The Labute approximate surface area is 235 Å². The summed E-state index contributed by atoms with van der Waals surface area (Å²) in [6.07, 6.45) is 1.77. The molecule has 0 spiro atoms. The summed E-state index contributed by atoms with van der Waals surface area (Å²) >= 11 is 6.71. The van der Waals surface area contributed by atoms with E-state index in [1.54, 1.807) is 27.6 Å². The van der Waals surface area contributed by atoms with E-state index in [1.807, 2.05) is 39.8 Å². The molecule has 0 fully saturated rings. The average molecular weight is 608 g/mol. The molecule has 10 heteroatoms. The number of amides is 2. The summed E-state index contributed by atoms with van der Waals surface area (Å²) in [7, 11) is 0. The lowest BCUT2D eigenvalue weighted by Gasteiger charge is -2.35. The zero-order chi connectivity index (χ0) is 26.9. The zero-order valence-corrected chi connectivity index (χ0v) is 25.5. The van der Waals surface area contributed by atoms with E-state index < -0.39 is 5.60 Å². The van der Waals surface area contributed by atoms with Gasteiger partial charge in [0.15, 0.2) is 0 Å². The Hall–Kier alpha value is -2.01. The first kappa shape index (κ1) is 28.0. The Morgan fingerprint density at radius 1 is 1.30 bits per heavy atom. The molecular weight excluding hydrogens is 572 g/mol. The van der Waals surface area contributed by atoms with E-state index in [2.05, 4.69) is 46.5 Å². The normalized spacial score (nSPS) is 16.5. The van der Waals surface area contributed by atoms with Gasteiger partial charge in [-0.3, -0.25) is 4.79 Å². The maximum absolute atomic E-state index is 13.0. The van der Waals surface area contributed by atoms with Crippen LogP contribution in [-0.2, 0) is 16.0 Å². The molecule has 1 aliphatic rings. The lowest BCUT2D eigenvalue weighted by atomic mass is 9.98. The fraction of sp³-hybridized carbons (Fsp3) is 0.519. The van der Waals surface area contributed by atoms with Crippen LogP contribution >= 0.6 is 38.6 Å². The van der Waals surface area contributed by atoms with Crippen LogP contribution < -0.4 is 10.6 Å². The van der Waals surface area contributed by atoms with Crippen LogP contribution in [0.15, 0.2) is 22.7 Å². The Morgan fingerprint density at radius 2 is 2.05 bits per heavy atom. The third-order valence-electron chi connectivity index (χ3n) is 6.39. The molecule has 0 aliphatic carbocycles. The smallest absolute Gasteiger partial charge is 0.410 e. The van der Waals surface area contributed by atoms with Gasteiger partial charge in [0.1, 0.15) is 15.6 Å². The van der Waals surface area contributed by atoms with Gasteiger partial charge in [-0.15, -0.1) is 22.7 Å². The second kappa shape index (κ2) is 11.4. The average Bonchev–Trinajstić information content (AvgIpc) is 3.38. The summed E-state index contributed by atoms with van der Waals surface area (Å²) < 4.78 is 7.74. The van der Waals surface area contributed by atoms with Crippen molar-refractivity contribution in [1.82, 2.24) is 15.2 Å². The van der Waals surface area contributed by atoms with E-state index in [-0.39, 0.29) is 18.0 Å². The number of aromatic nitrogens is 1. The van der Waals surface area contributed by atoms with Crippen molar-refractivity contribution in [3.8, 4) is 10.6 Å². The third-order valence-corrected chi connectivity index (χ3v) is 9.25. The summed E-state index contributed by atoms with van der Waals surface area (Å²) in [4.78, 5) is 33.7. The molecule has 0 bridgehead atoms. The predicted octanol–water partition coefficient (Wildman–Crippen LogP) is 7.36. The highest BCUT2D eigenvalue weighted by Gasteiger charge is 2.36. The van der Waals surface area contributed by atoms with Crippen LogP contribution in [0.3, 0.4) is 0 Å². The maximum atomic E-state index is 13.0. The Bertz CT molecular complexity index is 1300. The number of carbonyl (C=O) groups excluding carboxylic acids is 2. The minimum atomic E-state index is -0.560. The van der Waals surface area contributed by atoms with Gasteiger partial charge in [0.2, 0.25) is 5.91 Å². The predicted molar refractivity (Wildman–Crippen MR) is 157 cm³/mol. The number of thiophene rings is 1. The first-order valence-electron chi connectivity index (χ1n) is 12.7. The van der Waals surface area contributed by atoms with Crippen LogP contribution in [0.25, 0.3) is 20.8 Å². The van der Waals surface area contributed by atoms with Crippen LogP contribution in [-0.4, -0.2) is 46.6 Å². The third kappa shape index (κ3) is 6.53. The number of thiazole rings is 1. The van der Waals surface area contributed by atoms with E-state index in [0.29, 0.717) is 32.0 Å². The van der Waals surface area contributed by atoms with Crippen LogP contribution in [0.2, 0.25) is 0 Å². The molecular formula is C27H35BrN4O3S2. The highest BCUT2D eigenvalue weighted by atomic mass is 79.9. The molecule has 2 N–H and O–H groups in total. The van der Waals surface area contributed by atoms with Crippen molar-refractivity contribution in [2.24, 2.45) is 0 Å². The summed E-state index contributed by atoms with van der Waals surface area (Å²) in [6, 6.07) is 6.30. The topological polar surface area (TPSA) is 83.6 Å². The Kier molecular flexibility index (Phi) is 8.62. The van der Waals surface area contributed by atoms with E-state index in [9.17, 15) is 9.59 Å². The molecule has 1 aliphatic heterocycles. The van der Waals surface area contributed by atoms with Gasteiger partial charge in [-0.25, -0.2) is 9.78 Å². The number of fused-ring (bicyclic) bond motifs is 2. The van der Waals surface area contributed by atoms with Crippen molar-refractivity contribution in [2.45, 2.75) is 78.5 Å². The summed E-state index contributed by atoms with van der Waals surface area (Å²) in [6.45, 7) is 13.1. The maximum Gasteiger partial charge on any atom is 0.410 e. The molecule has 2 amide bonds. The summed E-state index contributed by atoms with van der Waals surface area (Å²) in [5.74, 6) is -0.0313. The van der Waals surface area contributed by atoms with Crippen molar-refractivity contribution >= 4 is 65.8 Å². The number of hydrogen-bond acceptors (Lipinski definition) is 7. The molecule has 0 unspecified atom stereocenters. The van der Waals surface area contributed by atoms with Gasteiger partial charge < -0.3 is 20.3 Å². The van der Waals surface area contributed by atoms with Crippen molar-refractivity contribution in [2.75, 3.05) is 18.4 Å². The standard InChI is InChI=1S/C27H35BrN4O3S2/c1-7-15(2)29-12-10-21(33)31-25-22(24-30-19-14-17(28)8-9-20(19)36-24)18-11-13-32(16(3)23(18)37-25)26(34)35-27(4,5)6/h8-9,14-16,29H,7,10-13H2,1-6H3,(H,31,33)/t15-,16+/m0/s1. The molecule has 2 aromatic heterocycles. The quantitative estimate of drug-likeness (QED) is 0.293. The molecule has 2 atom stereocenters. The monoisotopic (exact) mass is 606 g/mol. The minimum absolute atomic E-state index is 0.0313. The molecule has 0 saturated heterocycles. The first-order valence-corrected chi connectivity index (χ1v) is 15.1. The zero-order valence-electron chi connectivity index (χ0n) is 22.2. The second-order valence-electron chi connectivity index (χ2n) is 10.4. The Morgan fingerprint density at radius 3 is 2.76 bits per heavy atom. The van der Waals surface area contributed by atoms with Gasteiger partial charge in [0.25, 0.3) is 0 Å². The number of nitrogens with one attached hydrogen (secondary N) is 2. The molecule has 1 aromatic carbocycles. The van der Waals surface area contributed by atoms with Crippen molar-refractivity contribution < 1.29 is 14.3 Å². The number of ether oxygens (including phenoxy) is 1. The number of benzene rings is 1. The molecule has 4 rings (SSSR count). The van der Waals surface area contributed by atoms with Gasteiger partial charge in [-0.1, -0.05) is 22.9 Å². The summed E-state index contributed by atoms with van der Waals surface area (Å²) in [5, 5.41) is 8.25. The SMILES string of the molecule is CC[C@H](C)NCCC(=O)Nc1sc2c(c1-c1nc3cc(Br)ccc3s1)CCN(C(=O)OC(C)(C)C)[C@@H]2C. The molecule has 3 heterocycles. The number of halogens is 1. The lowest BCUT2D eigenvalue weighted by molar-refractivity contribution is -0.116. The molecule has 37 heavy (non-hydrogen) atoms. The highest BCUT2D eigenvalue weighted by molar-refractivity contribution is 9.10.